The number of carbonyl (C=O) groups is 1. The van der Waals surface area contributed by atoms with E-state index in [1.54, 1.807) is 19.1 Å². The van der Waals surface area contributed by atoms with Crippen molar-refractivity contribution in [3.8, 4) is 0 Å². The third-order valence-electron chi connectivity index (χ3n) is 3.90. The van der Waals surface area contributed by atoms with Crippen LogP contribution in [-0.4, -0.2) is 30.3 Å². The number of halogens is 1. The highest BCUT2D eigenvalue weighted by Crippen LogP contribution is 2.29. The van der Waals surface area contributed by atoms with Crippen LogP contribution in [0.2, 0.25) is 0 Å². The van der Waals surface area contributed by atoms with Crippen molar-refractivity contribution in [3.63, 3.8) is 0 Å². The highest BCUT2D eigenvalue weighted by atomic mass is 19.1. The Hall–Kier alpha value is -1.22. The number of nitrogens with zero attached hydrogens (tertiary/aromatic N) is 1. The molecule has 20 heavy (non-hydrogen) atoms. The van der Waals surface area contributed by atoms with Crippen LogP contribution in [0.4, 0.5) is 4.39 Å². The molecule has 0 spiro atoms. The second-order valence-electron chi connectivity index (χ2n) is 5.88. The number of aryl methyl sites for hydroxylation is 1. The highest BCUT2D eigenvalue weighted by molar-refractivity contribution is 5.96. The van der Waals surface area contributed by atoms with E-state index in [0.29, 0.717) is 17.5 Å². The van der Waals surface area contributed by atoms with Crippen LogP contribution < -0.4 is 0 Å². The normalized spacial score (nSPS) is 14.8. The topological polar surface area (TPSA) is 20.3 Å². The number of Topliss-reactive ketones (excluding diaryl/α,β-unsaturated/α-hetero) is 1. The summed E-state index contributed by atoms with van der Waals surface area (Å²) in [6.45, 7) is 6.83. The van der Waals surface area contributed by atoms with E-state index in [1.165, 1.54) is 18.9 Å². The Morgan fingerprint density at radius 3 is 2.70 bits per heavy atom. The van der Waals surface area contributed by atoms with E-state index >= 15 is 0 Å². The lowest BCUT2D eigenvalue weighted by molar-refractivity contribution is 0.0962. The largest absolute Gasteiger partial charge is 0.303 e. The summed E-state index contributed by atoms with van der Waals surface area (Å²) < 4.78 is 13.5. The predicted molar refractivity (Wildman–Crippen MR) is 79.5 cm³/mol. The molecule has 2 rings (SSSR count). The predicted octanol–water partition coefficient (Wildman–Crippen LogP) is 3.83. The fraction of sp³-hybridized carbons (Fsp3) is 0.588. The second-order valence-corrected chi connectivity index (χ2v) is 5.88. The molecule has 1 saturated carbocycles. The molecular weight excluding hydrogens is 253 g/mol. The summed E-state index contributed by atoms with van der Waals surface area (Å²) in [4.78, 5) is 14.5. The van der Waals surface area contributed by atoms with Crippen LogP contribution in [0.25, 0.3) is 0 Å². The van der Waals surface area contributed by atoms with Crippen molar-refractivity contribution in [1.29, 1.82) is 0 Å². The zero-order valence-electron chi connectivity index (χ0n) is 12.5. The van der Waals surface area contributed by atoms with Crippen LogP contribution in [0, 0.1) is 18.7 Å². The molecular formula is C17H24FNO. The Kier molecular flexibility index (Phi) is 5.30. The van der Waals surface area contributed by atoms with Gasteiger partial charge < -0.3 is 4.90 Å². The number of benzene rings is 1. The Morgan fingerprint density at radius 1 is 1.35 bits per heavy atom. The van der Waals surface area contributed by atoms with Gasteiger partial charge in [0.1, 0.15) is 5.82 Å². The van der Waals surface area contributed by atoms with Crippen molar-refractivity contribution < 1.29 is 9.18 Å². The first-order valence-corrected chi connectivity index (χ1v) is 7.62. The molecule has 110 valence electrons. The van der Waals surface area contributed by atoms with Crippen LogP contribution >= 0.6 is 0 Å². The number of hydrogen-bond acceptors (Lipinski definition) is 2. The highest BCUT2D eigenvalue weighted by Gasteiger charge is 2.24. The lowest BCUT2D eigenvalue weighted by atomic mass is 10.1. The molecule has 0 amide bonds. The van der Waals surface area contributed by atoms with Gasteiger partial charge >= 0.3 is 0 Å². The average molecular weight is 277 g/mol. The molecule has 0 bridgehead atoms. The van der Waals surface area contributed by atoms with Crippen molar-refractivity contribution >= 4 is 5.78 Å². The molecule has 0 N–H and O–H groups in total. The zero-order chi connectivity index (χ0) is 14.5. The van der Waals surface area contributed by atoms with Gasteiger partial charge in [0.05, 0.1) is 0 Å². The summed E-state index contributed by atoms with van der Waals surface area (Å²) in [6.07, 6.45) is 4.25. The molecule has 0 radical (unpaired) electrons. The quantitative estimate of drug-likeness (QED) is 0.673. The van der Waals surface area contributed by atoms with Gasteiger partial charge in [-0.2, -0.15) is 0 Å². The summed E-state index contributed by atoms with van der Waals surface area (Å²) in [5.41, 5.74) is 1.08. The molecule has 0 heterocycles. The maximum Gasteiger partial charge on any atom is 0.164 e. The molecule has 1 aliphatic carbocycles. The summed E-state index contributed by atoms with van der Waals surface area (Å²) in [6, 6.07) is 4.77. The monoisotopic (exact) mass is 277 g/mol. The molecule has 0 unspecified atom stereocenters. The molecule has 0 saturated heterocycles. The van der Waals surface area contributed by atoms with Gasteiger partial charge in [-0.25, -0.2) is 4.39 Å². The minimum atomic E-state index is -0.292. The lowest BCUT2D eigenvalue weighted by Crippen LogP contribution is -2.29. The Morgan fingerprint density at radius 2 is 2.10 bits per heavy atom. The average Bonchev–Trinajstić information content (AvgIpc) is 3.23. The number of rotatable bonds is 8. The number of carbonyl (C=O) groups excluding carboxylic acids is 1. The van der Waals surface area contributed by atoms with Crippen LogP contribution in [0.3, 0.4) is 0 Å². The van der Waals surface area contributed by atoms with Gasteiger partial charge in [-0.15, -0.1) is 0 Å². The van der Waals surface area contributed by atoms with E-state index in [-0.39, 0.29) is 11.6 Å². The van der Waals surface area contributed by atoms with E-state index in [1.807, 2.05) is 0 Å². The third-order valence-corrected chi connectivity index (χ3v) is 3.90. The van der Waals surface area contributed by atoms with E-state index in [9.17, 15) is 9.18 Å². The SMILES string of the molecule is CCCN(CCC(=O)c1ccc(C)c(F)c1)CC1CC1. The van der Waals surface area contributed by atoms with Gasteiger partial charge in [-0.05, 0) is 50.3 Å². The minimum absolute atomic E-state index is 0.0424. The molecule has 0 aliphatic heterocycles. The van der Waals surface area contributed by atoms with Gasteiger partial charge in [0.2, 0.25) is 0 Å². The maximum absolute atomic E-state index is 13.5. The molecule has 1 fully saturated rings. The van der Waals surface area contributed by atoms with Gasteiger partial charge in [-0.3, -0.25) is 4.79 Å². The van der Waals surface area contributed by atoms with Crippen LogP contribution in [0.5, 0.6) is 0 Å². The zero-order valence-corrected chi connectivity index (χ0v) is 12.5. The lowest BCUT2D eigenvalue weighted by Gasteiger charge is -2.21. The molecule has 1 aliphatic rings. The fourth-order valence-electron chi connectivity index (χ4n) is 2.45. The fourth-order valence-corrected chi connectivity index (χ4v) is 2.45. The van der Waals surface area contributed by atoms with Gasteiger partial charge in [0, 0.05) is 25.1 Å². The molecule has 3 heteroatoms. The van der Waals surface area contributed by atoms with Crippen molar-refractivity contribution in [2.45, 2.75) is 39.5 Å². The Balaban J connectivity index is 1.87. The van der Waals surface area contributed by atoms with Gasteiger partial charge in [0.25, 0.3) is 0 Å². The molecule has 1 aromatic rings. The van der Waals surface area contributed by atoms with Gasteiger partial charge in [0.15, 0.2) is 5.78 Å². The van der Waals surface area contributed by atoms with Crippen molar-refractivity contribution in [3.05, 3.63) is 35.1 Å². The number of hydrogen-bond donors (Lipinski definition) is 0. The molecule has 2 nitrogen and oxygen atoms in total. The smallest absolute Gasteiger partial charge is 0.164 e. The summed E-state index contributed by atoms with van der Waals surface area (Å²) >= 11 is 0. The van der Waals surface area contributed by atoms with Crippen LogP contribution in [-0.2, 0) is 0 Å². The Bertz CT molecular complexity index is 468. The van der Waals surface area contributed by atoms with E-state index in [4.69, 9.17) is 0 Å². The maximum atomic E-state index is 13.5. The van der Waals surface area contributed by atoms with Gasteiger partial charge in [-0.1, -0.05) is 19.1 Å². The summed E-state index contributed by atoms with van der Waals surface area (Å²) in [5, 5.41) is 0. The van der Waals surface area contributed by atoms with E-state index in [2.05, 4.69) is 11.8 Å². The molecule has 0 atom stereocenters. The summed E-state index contributed by atoms with van der Waals surface area (Å²) in [5.74, 6) is 0.591. The first kappa shape index (κ1) is 15.2. The standard InChI is InChI=1S/C17H24FNO/c1-3-9-19(12-14-5-6-14)10-8-17(20)15-7-4-13(2)16(18)11-15/h4,7,11,14H,3,5-6,8-10,12H2,1-2H3. The van der Waals surface area contributed by atoms with Crippen molar-refractivity contribution in [2.75, 3.05) is 19.6 Å². The molecule has 0 aromatic heterocycles. The Labute approximate surface area is 121 Å². The third kappa shape index (κ3) is 4.41. The number of ketones is 1. The summed E-state index contributed by atoms with van der Waals surface area (Å²) in [7, 11) is 0. The van der Waals surface area contributed by atoms with Crippen molar-refractivity contribution in [2.24, 2.45) is 5.92 Å². The minimum Gasteiger partial charge on any atom is -0.303 e. The first-order chi connectivity index (χ1) is 9.60. The first-order valence-electron chi connectivity index (χ1n) is 7.62. The van der Waals surface area contributed by atoms with E-state index < -0.39 is 0 Å². The van der Waals surface area contributed by atoms with Crippen LogP contribution in [0.1, 0.15) is 48.5 Å². The van der Waals surface area contributed by atoms with E-state index in [0.717, 1.165) is 32.0 Å². The molecule has 1 aromatic carbocycles. The van der Waals surface area contributed by atoms with Crippen LogP contribution in [0.15, 0.2) is 18.2 Å². The van der Waals surface area contributed by atoms with Crippen molar-refractivity contribution in [1.82, 2.24) is 4.90 Å². The second kappa shape index (κ2) is 6.98.